The van der Waals surface area contributed by atoms with Crippen LogP contribution < -0.4 is 9.47 Å². The number of carbonyl (C=O) groups excluding carboxylic acids is 1. The van der Waals surface area contributed by atoms with Crippen LogP contribution in [0.5, 0.6) is 11.5 Å². The van der Waals surface area contributed by atoms with Crippen molar-refractivity contribution in [1.29, 1.82) is 0 Å². The molecule has 1 unspecified atom stereocenters. The average molecular weight is 562 g/mol. The van der Waals surface area contributed by atoms with Crippen molar-refractivity contribution < 1.29 is 46.8 Å². The smallest absolute Gasteiger partial charge is 0.415 e. The van der Waals surface area contributed by atoms with Crippen LogP contribution in [-0.4, -0.2) is 61.1 Å². The molecule has 0 radical (unpaired) electrons. The highest BCUT2D eigenvalue weighted by Crippen LogP contribution is 2.19. The fraction of sp³-hybridized carbons (Fsp3) is 0.310. The van der Waals surface area contributed by atoms with Gasteiger partial charge in [-0.3, -0.25) is 0 Å². The highest BCUT2D eigenvalue weighted by Gasteiger charge is 2.19. The summed E-state index contributed by atoms with van der Waals surface area (Å²) in [6.07, 6.45) is -1.64. The Morgan fingerprint density at radius 3 is 2.17 bits per heavy atom. The van der Waals surface area contributed by atoms with E-state index in [1.165, 1.54) is 17.0 Å². The predicted molar refractivity (Wildman–Crippen MR) is 139 cm³/mol. The Morgan fingerprint density at radius 1 is 0.875 bits per heavy atom. The van der Waals surface area contributed by atoms with E-state index in [0.29, 0.717) is 11.8 Å². The van der Waals surface area contributed by atoms with Crippen molar-refractivity contribution in [2.75, 3.05) is 32.9 Å². The number of carbonyl (C=O) groups is 2. The molecule has 11 heteroatoms. The molecular weight excluding hydrogens is 531 g/mol. The Hall–Kier alpha value is -4.09. The SMILES string of the molecule is CCOC(Cc1ccc(OCCN(CCOCc2ccc(F)cc2)C(=O)Oc2ccc(F)cc2F)cc1)C(=O)O. The molecule has 0 aliphatic rings. The lowest BCUT2D eigenvalue weighted by molar-refractivity contribution is -0.149. The summed E-state index contributed by atoms with van der Waals surface area (Å²) >= 11 is 0. The van der Waals surface area contributed by atoms with Crippen LogP contribution in [0.2, 0.25) is 0 Å². The third-order valence-electron chi connectivity index (χ3n) is 5.65. The summed E-state index contributed by atoms with van der Waals surface area (Å²) in [5, 5.41) is 9.25. The van der Waals surface area contributed by atoms with Crippen LogP contribution in [0.25, 0.3) is 0 Å². The van der Waals surface area contributed by atoms with E-state index in [-0.39, 0.29) is 51.8 Å². The molecule has 1 N–H and O–H groups in total. The molecule has 40 heavy (non-hydrogen) atoms. The maximum Gasteiger partial charge on any atom is 0.415 e. The van der Waals surface area contributed by atoms with Crippen LogP contribution >= 0.6 is 0 Å². The molecular formula is C29H30F3NO7. The number of hydrogen-bond acceptors (Lipinski definition) is 6. The Balaban J connectivity index is 1.56. The van der Waals surface area contributed by atoms with Crippen LogP contribution in [0.15, 0.2) is 66.7 Å². The summed E-state index contributed by atoms with van der Waals surface area (Å²) in [7, 11) is 0. The molecule has 0 saturated heterocycles. The number of rotatable bonds is 15. The van der Waals surface area contributed by atoms with Crippen LogP contribution in [0, 0.1) is 17.5 Å². The monoisotopic (exact) mass is 561 g/mol. The molecule has 0 aliphatic heterocycles. The second-order valence-corrected chi connectivity index (χ2v) is 8.59. The molecule has 0 aliphatic carbocycles. The first-order chi connectivity index (χ1) is 19.2. The molecule has 0 bridgehead atoms. The van der Waals surface area contributed by atoms with Crippen molar-refractivity contribution >= 4 is 12.1 Å². The van der Waals surface area contributed by atoms with E-state index < -0.39 is 35.6 Å². The van der Waals surface area contributed by atoms with E-state index in [1.54, 1.807) is 43.3 Å². The van der Waals surface area contributed by atoms with Gasteiger partial charge < -0.3 is 29.0 Å². The largest absolute Gasteiger partial charge is 0.492 e. The lowest BCUT2D eigenvalue weighted by Gasteiger charge is -2.22. The van der Waals surface area contributed by atoms with E-state index in [1.807, 2.05) is 0 Å². The van der Waals surface area contributed by atoms with Crippen molar-refractivity contribution in [2.45, 2.75) is 26.1 Å². The standard InChI is InChI=1S/C29H30F3NO7/c1-2-38-27(28(34)35)17-20-5-10-24(11-6-20)39-16-14-33(13-15-37-19-21-3-7-22(30)8-4-21)29(36)40-26-12-9-23(31)18-25(26)32/h3-12,18,27H,2,13-17,19H2,1H3,(H,34,35). The topological polar surface area (TPSA) is 94.5 Å². The molecule has 3 aromatic carbocycles. The number of carboxylic acid groups (broad SMARTS) is 1. The first-order valence-corrected chi connectivity index (χ1v) is 12.5. The number of nitrogens with zero attached hydrogens (tertiary/aromatic N) is 1. The third-order valence-corrected chi connectivity index (χ3v) is 5.65. The summed E-state index contributed by atoms with van der Waals surface area (Å²) in [6, 6.07) is 15.2. The molecule has 0 aromatic heterocycles. The van der Waals surface area contributed by atoms with E-state index >= 15 is 0 Å². The van der Waals surface area contributed by atoms with Gasteiger partial charge in [0.05, 0.1) is 19.8 Å². The summed E-state index contributed by atoms with van der Waals surface area (Å²) in [4.78, 5) is 25.3. The lowest BCUT2D eigenvalue weighted by atomic mass is 10.1. The molecule has 0 fully saturated rings. The van der Waals surface area contributed by atoms with Gasteiger partial charge >= 0.3 is 12.1 Å². The van der Waals surface area contributed by atoms with Crippen LogP contribution in [0.4, 0.5) is 18.0 Å². The van der Waals surface area contributed by atoms with Crippen molar-refractivity contribution in [1.82, 2.24) is 4.90 Å². The minimum Gasteiger partial charge on any atom is -0.492 e. The number of hydrogen-bond donors (Lipinski definition) is 1. The van der Waals surface area contributed by atoms with Gasteiger partial charge in [-0.1, -0.05) is 24.3 Å². The maximum atomic E-state index is 14.0. The number of aliphatic carboxylic acids is 1. The zero-order valence-corrected chi connectivity index (χ0v) is 21.9. The molecule has 0 saturated carbocycles. The molecule has 214 valence electrons. The fourth-order valence-corrected chi connectivity index (χ4v) is 3.58. The van der Waals surface area contributed by atoms with Gasteiger partial charge in [-0.2, -0.15) is 0 Å². The zero-order chi connectivity index (χ0) is 28.9. The van der Waals surface area contributed by atoms with Gasteiger partial charge in [0.25, 0.3) is 0 Å². The Bertz CT molecular complexity index is 1240. The summed E-state index contributed by atoms with van der Waals surface area (Å²) in [5.41, 5.74) is 1.49. The van der Waals surface area contributed by atoms with Crippen molar-refractivity contribution in [2.24, 2.45) is 0 Å². The maximum absolute atomic E-state index is 14.0. The summed E-state index contributed by atoms with van der Waals surface area (Å²) < 4.78 is 62.0. The molecule has 3 rings (SSSR count). The lowest BCUT2D eigenvalue weighted by Crippen LogP contribution is -2.39. The van der Waals surface area contributed by atoms with E-state index in [9.17, 15) is 27.9 Å². The van der Waals surface area contributed by atoms with Gasteiger partial charge in [-0.05, 0) is 54.4 Å². The highest BCUT2D eigenvalue weighted by molar-refractivity contribution is 5.72. The minimum atomic E-state index is -1.05. The Kier molecular flexibility index (Phi) is 11.8. The molecule has 8 nitrogen and oxygen atoms in total. The first-order valence-electron chi connectivity index (χ1n) is 12.5. The van der Waals surface area contributed by atoms with E-state index in [4.69, 9.17) is 18.9 Å². The minimum absolute atomic E-state index is 0.0503. The average Bonchev–Trinajstić information content (AvgIpc) is 2.93. The fourth-order valence-electron chi connectivity index (χ4n) is 3.58. The molecule has 3 aromatic rings. The van der Waals surface area contributed by atoms with Gasteiger partial charge in [0.15, 0.2) is 17.7 Å². The second-order valence-electron chi connectivity index (χ2n) is 8.59. The van der Waals surface area contributed by atoms with Crippen LogP contribution in [0.3, 0.4) is 0 Å². The number of carboxylic acids is 1. The Morgan fingerprint density at radius 2 is 1.52 bits per heavy atom. The highest BCUT2D eigenvalue weighted by atomic mass is 19.1. The zero-order valence-electron chi connectivity index (χ0n) is 21.9. The van der Waals surface area contributed by atoms with Gasteiger partial charge in [-0.15, -0.1) is 0 Å². The first kappa shape index (κ1) is 30.5. The van der Waals surface area contributed by atoms with Crippen molar-refractivity contribution in [3.05, 3.63) is 95.3 Å². The van der Waals surface area contributed by atoms with E-state index in [2.05, 4.69) is 0 Å². The van der Waals surface area contributed by atoms with Crippen molar-refractivity contribution in [3.8, 4) is 11.5 Å². The molecule has 0 spiro atoms. The van der Waals surface area contributed by atoms with Gasteiger partial charge in [0.1, 0.15) is 24.0 Å². The van der Waals surface area contributed by atoms with E-state index in [0.717, 1.165) is 23.3 Å². The quantitative estimate of drug-likeness (QED) is 0.254. The van der Waals surface area contributed by atoms with Gasteiger partial charge in [0.2, 0.25) is 0 Å². The van der Waals surface area contributed by atoms with Crippen molar-refractivity contribution in [3.63, 3.8) is 0 Å². The number of halogens is 3. The molecule has 1 amide bonds. The molecule has 1 atom stereocenters. The normalized spacial score (nSPS) is 11.6. The van der Waals surface area contributed by atoms with Gasteiger partial charge in [0, 0.05) is 25.6 Å². The number of ether oxygens (including phenoxy) is 4. The summed E-state index contributed by atoms with van der Waals surface area (Å²) in [5.74, 6) is -3.18. The van der Waals surface area contributed by atoms with Gasteiger partial charge in [-0.25, -0.2) is 22.8 Å². The van der Waals surface area contributed by atoms with Crippen LogP contribution in [0.1, 0.15) is 18.1 Å². The second kappa shape index (κ2) is 15.5. The summed E-state index contributed by atoms with van der Waals surface area (Å²) in [6.45, 7) is 2.45. The third kappa shape index (κ3) is 9.90. The predicted octanol–water partition coefficient (Wildman–Crippen LogP) is 5.23. The number of amides is 1. The molecule has 0 heterocycles. The number of benzene rings is 3. The Labute approximate surface area is 229 Å². The van der Waals surface area contributed by atoms with Crippen LogP contribution in [-0.2, 0) is 27.3 Å².